The van der Waals surface area contributed by atoms with Crippen LogP contribution in [0.15, 0.2) is 48.5 Å². The van der Waals surface area contributed by atoms with Gasteiger partial charge in [0.25, 0.3) is 0 Å². The minimum atomic E-state index is 0.659. The number of anilines is 1. The third kappa shape index (κ3) is 3.29. The minimum Gasteiger partial charge on any atom is -0.494 e. The van der Waals surface area contributed by atoms with Crippen molar-refractivity contribution < 1.29 is 4.74 Å². The summed E-state index contributed by atoms with van der Waals surface area (Å²) < 4.78 is 5.43. The third-order valence-corrected chi connectivity index (χ3v) is 2.38. The molecule has 0 aliphatic rings. The molecule has 2 heteroatoms. The van der Waals surface area contributed by atoms with Crippen molar-refractivity contribution >= 4 is 5.69 Å². The second-order valence-electron chi connectivity index (χ2n) is 3.84. The van der Waals surface area contributed by atoms with Crippen LogP contribution in [0.1, 0.15) is 18.1 Å². The van der Waals surface area contributed by atoms with Gasteiger partial charge in [-0.25, -0.2) is 0 Å². The van der Waals surface area contributed by atoms with Crippen molar-refractivity contribution in [2.24, 2.45) is 0 Å². The average molecular weight is 237 g/mol. The fraction of sp³-hybridized carbons (Fsp3) is 0.125. The molecule has 0 aromatic heterocycles. The smallest absolute Gasteiger partial charge is 0.120 e. The summed E-state index contributed by atoms with van der Waals surface area (Å²) in [4.78, 5) is 0. The fourth-order valence-corrected chi connectivity index (χ4v) is 1.59. The highest BCUT2D eigenvalue weighted by molar-refractivity contribution is 5.50. The van der Waals surface area contributed by atoms with E-state index >= 15 is 0 Å². The molecule has 0 saturated heterocycles. The lowest BCUT2D eigenvalue weighted by Crippen LogP contribution is -1.91. The maximum atomic E-state index is 5.70. The van der Waals surface area contributed by atoms with Crippen molar-refractivity contribution in [2.75, 3.05) is 12.3 Å². The van der Waals surface area contributed by atoms with E-state index in [1.807, 2.05) is 55.5 Å². The molecule has 0 heterocycles. The first-order valence-corrected chi connectivity index (χ1v) is 5.88. The van der Waals surface area contributed by atoms with Crippen LogP contribution in [-0.4, -0.2) is 6.61 Å². The van der Waals surface area contributed by atoms with Crippen LogP contribution in [0.2, 0.25) is 0 Å². The van der Waals surface area contributed by atoms with E-state index in [1.54, 1.807) is 0 Å². The highest BCUT2D eigenvalue weighted by atomic mass is 16.5. The molecule has 0 fully saturated rings. The van der Waals surface area contributed by atoms with Gasteiger partial charge in [0.05, 0.1) is 6.61 Å². The number of hydrogen-bond acceptors (Lipinski definition) is 2. The summed E-state index contributed by atoms with van der Waals surface area (Å²) >= 11 is 0. The molecule has 2 rings (SSSR count). The Labute approximate surface area is 107 Å². The molecule has 0 bridgehead atoms. The number of hydrogen-bond donors (Lipinski definition) is 1. The third-order valence-electron chi connectivity index (χ3n) is 2.38. The van der Waals surface area contributed by atoms with Crippen LogP contribution in [0.4, 0.5) is 5.69 Å². The number of nitrogens with two attached hydrogens (primary N) is 1. The van der Waals surface area contributed by atoms with Crippen LogP contribution in [0.25, 0.3) is 0 Å². The molecular weight excluding hydrogens is 222 g/mol. The van der Waals surface area contributed by atoms with E-state index in [1.165, 1.54) is 0 Å². The molecule has 2 aromatic rings. The monoisotopic (exact) mass is 237 g/mol. The zero-order valence-corrected chi connectivity index (χ0v) is 10.3. The van der Waals surface area contributed by atoms with Gasteiger partial charge in [-0.3, -0.25) is 0 Å². The highest BCUT2D eigenvalue weighted by Crippen LogP contribution is 2.12. The molecule has 2 nitrogen and oxygen atoms in total. The summed E-state index contributed by atoms with van der Waals surface area (Å²) in [6.45, 7) is 2.62. The fourth-order valence-electron chi connectivity index (χ4n) is 1.59. The van der Waals surface area contributed by atoms with Gasteiger partial charge in [0.15, 0.2) is 0 Å². The van der Waals surface area contributed by atoms with Crippen LogP contribution in [0.5, 0.6) is 5.75 Å². The molecule has 18 heavy (non-hydrogen) atoms. The van der Waals surface area contributed by atoms with Gasteiger partial charge in [-0.2, -0.15) is 0 Å². The quantitative estimate of drug-likeness (QED) is 0.643. The van der Waals surface area contributed by atoms with Crippen LogP contribution in [0.3, 0.4) is 0 Å². The number of benzene rings is 2. The van der Waals surface area contributed by atoms with Gasteiger partial charge in [-0.1, -0.05) is 24.0 Å². The van der Waals surface area contributed by atoms with Gasteiger partial charge in [-0.15, -0.1) is 0 Å². The van der Waals surface area contributed by atoms with E-state index in [2.05, 4.69) is 11.8 Å². The van der Waals surface area contributed by atoms with Crippen molar-refractivity contribution in [3.63, 3.8) is 0 Å². The Morgan fingerprint density at radius 2 is 1.67 bits per heavy atom. The molecule has 0 radical (unpaired) electrons. The van der Waals surface area contributed by atoms with Crippen molar-refractivity contribution in [3.05, 3.63) is 59.7 Å². The summed E-state index contributed by atoms with van der Waals surface area (Å²) in [7, 11) is 0. The Morgan fingerprint density at radius 3 is 2.33 bits per heavy atom. The Hall–Kier alpha value is -2.40. The van der Waals surface area contributed by atoms with Crippen LogP contribution in [0, 0.1) is 11.8 Å². The van der Waals surface area contributed by atoms with Crippen molar-refractivity contribution in [1.82, 2.24) is 0 Å². The van der Waals surface area contributed by atoms with Gasteiger partial charge < -0.3 is 10.5 Å². The van der Waals surface area contributed by atoms with Gasteiger partial charge in [0.2, 0.25) is 0 Å². The minimum absolute atomic E-state index is 0.659. The molecule has 0 aliphatic heterocycles. The van der Waals surface area contributed by atoms with Gasteiger partial charge in [0.1, 0.15) is 5.75 Å². The van der Waals surface area contributed by atoms with Crippen molar-refractivity contribution in [3.8, 4) is 17.6 Å². The van der Waals surface area contributed by atoms with E-state index in [9.17, 15) is 0 Å². The average Bonchev–Trinajstić information content (AvgIpc) is 2.37. The molecular formula is C16H15NO. The van der Waals surface area contributed by atoms with E-state index < -0.39 is 0 Å². The molecule has 90 valence electrons. The lowest BCUT2D eigenvalue weighted by Gasteiger charge is -2.01. The van der Waals surface area contributed by atoms with Gasteiger partial charge in [0, 0.05) is 16.8 Å². The summed E-state index contributed by atoms with van der Waals surface area (Å²) in [5.74, 6) is 7.03. The van der Waals surface area contributed by atoms with Gasteiger partial charge in [-0.05, 0) is 43.3 Å². The van der Waals surface area contributed by atoms with Gasteiger partial charge >= 0.3 is 0 Å². The van der Waals surface area contributed by atoms with E-state index in [-0.39, 0.29) is 0 Å². The second-order valence-corrected chi connectivity index (χ2v) is 3.84. The summed E-state index contributed by atoms with van der Waals surface area (Å²) in [6.07, 6.45) is 0. The largest absolute Gasteiger partial charge is 0.494 e. The van der Waals surface area contributed by atoms with E-state index in [0.717, 1.165) is 22.6 Å². The Balaban J connectivity index is 2.21. The zero-order valence-electron chi connectivity index (χ0n) is 10.3. The molecule has 2 N–H and O–H groups in total. The Kier molecular flexibility index (Phi) is 3.88. The first-order chi connectivity index (χ1) is 8.78. The predicted molar refractivity (Wildman–Crippen MR) is 74.4 cm³/mol. The van der Waals surface area contributed by atoms with Crippen molar-refractivity contribution in [2.45, 2.75) is 6.92 Å². The Morgan fingerprint density at radius 1 is 1.00 bits per heavy atom. The van der Waals surface area contributed by atoms with E-state index in [0.29, 0.717) is 6.61 Å². The standard InChI is InChI=1S/C16H15NO/c1-2-18-16-8-4-6-14(12-16)10-9-13-5-3-7-15(17)11-13/h3-8,11-12H,2,17H2,1H3. The van der Waals surface area contributed by atoms with E-state index in [4.69, 9.17) is 10.5 Å². The first kappa shape index (κ1) is 12.1. The predicted octanol–water partition coefficient (Wildman–Crippen LogP) is 3.07. The number of rotatable bonds is 2. The second kappa shape index (κ2) is 5.79. The Bertz CT molecular complexity index is 593. The lowest BCUT2D eigenvalue weighted by molar-refractivity contribution is 0.340. The topological polar surface area (TPSA) is 35.2 Å². The lowest BCUT2D eigenvalue weighted by atomic mass is 10.1. The van der Waals surface area contributed by atoms with Crippen LogP contribution < -0.4 is 10.5 Å². The summed E-state index contributed by atoms with van der Waals surface area (Å²) in [5.41, 5.74) is 8.28. The van der Waals surface area contributed by atoms with Crippen LogP contribution >= 0.6 is 0 Å². The molecule has 2 aromatic carbocycles. The summed E-state index contributed by atoms with van der Waals surface area (Å²) in [6, 6.07) is 15.3. The molecule has 0 unspecified atom stereocenters. The normalized spacial score (nSPS) is 9.39. The summed E-state index contributed by atoms with van der Waals surface area (Å²) in [5, 5.41) is 0. The zero-order chi connectivity index (χ0) is 12.8. The molecule has 0 atom stereocenters. The highest BCUT2D eigenvalue weighted by Gasteiger charge is 1.93. The maximum Gasteiger partial charge on any atom is 0.120 e. The molecule has 0 saturated carbocycles. The van der Waals surface area contributed by atoms with Crippen LogP contribution in [-0.2, 0) is 0 Å². The van der Waals surface area contributed by atoms with Crippen molar-refractivity contribution in [1.29, 1.82) is 0 Å². The number of nitrogen functional groups attached to an aromatic ring is 1. The first-order valence-electron chi connectivity index (χ1n) is 5.88. The molecule has 0 spiro atoms. The maximum absolute atomic E-state index is 5.70. The molecule has 0 aliphatic carbocycles. The number of ether oxygens (including phenoxy) is 1. The SMILES string of the molecule is CCOc1cccc(C#Cc2cccc(N)c2)c1. The molecule has 0 amide bonds.